The second kappa shape index (κ2) is 8.26. The molecule has 0 spiro atoms. The van der Waals surface area contributed by atoms with Crippen molar-refractivity contribution in [2.45, 2.75) is 6.54 Å². The third-order valence-corrected chi connectivity index (χ3v) is 5.69. The predicted molar refractivity (Wildman–Crippen MR) is 125 cm³/mol. The summed E-state index contributed by atoms with van der Waals surface area (Å²) >= 11 is 12.3. The molecular weight excluding hydrogens is 455 g/mol. The molecule has 0 saturated heterocycles. The molecule has 3 aromatic carbocycles. The van der Waals surface area contributed by atoms with Gasteiger partial charge in [0.1, 0.15) is 0 Å². The molecule has 0 unspecified atom stereocenters. The number of fused-ring (bicyclic) bond motifs is 2. The number of nitrogens with zero attached hydrogens (tertiary/aromatic N) is 2. The molecule has 0 saturated carbocycles. The third-order valence-electron chi connectivity index (χ3n) is 4.97. The van der Waals surface area contributed by atoms with Gasteiger partial charge in [-0.2, -0.15) is 0 Å². The van der Waals surface area contributed by atoms with E-state index in [0.717, 1.165) is 28.7 Å². The van der Waals surface area contributed by atoms with Crippen molar-refractivity contribution in [3.8, 4) is 0 Å². The highest BCUT2D eigenvalue weighted by atomic mass is 35.5. The summed E-state index contributed by atoms with van der Waals surface area (Å²) in [5, 5.41) is 8.19. The monoisotopic (exact) mass is 469 g/mol. The summed E-state index contributed by atoms with van der Waals surface area (Å²) in [7, 11) is 0. The molecule has 0 aliphatic heterocycles. The van der Waals surface area contributed by atoms with Crippen LogP contribution in [0, 0.1) is 11.6 Å². The van der Waals surface area contributed by atoms with Crippen molar-refractivity contribution in [1.29, 1.82) is 0 Å². The summed E-state index contributed by atoms with van der Waals surface area (Å²) in [4.78, 5) is 12.4. The van der Waals surface area contributed by atoms with E-state index in [0.29, 0.717) is 38.3 Å². The van der Waals surface area contributed by atoms with Gasteiger partial charge in [0.05, 0.1) is 21.1 Å². The van der Waals surface area contributed by atoms with E-state index in [2.05, 4.69) is 25.6 Å². The van der Waals surface area contributed by atoms with Crippen LogP contribution in [0.3, 0.4) is 0 Å². The summed E-state index contributed by atoms with van der Waals surface area (Å²) < 4.78 is 26.8. The Bertz CT molecular complexity index is 1470. The van der Waals surface area contributed by atoms with Gasteiger partial charge in [0.2, 0.25) is 0 Å². The molecule has 3 N–H and O–H groups in total. The Hall–Kier alpha value is -3.42. The van der Waals surface area contributed by atoms with Gasteiger partial charge in [0.25, 0.3) is 0 Å². The maximum Gasteiger partial charge on any atom is 0.174 e. The number of hydrogen-bond donors (Lipinski definition) is 3. The van der Waals surface area contributed by atoms with Crippen LogP contribution in [-0.2, 0) is 6.54 Å². The van der Waals surface area contributed by atoms with Gasteiger partial charge in [-0.25, -0.2) is 18.7 Å². The predicted octanol–water partition coefficient (Wildman–Crippen LogP) is 7.05. The lowest BCUT2D eigenvalue weighted by Crippen LogP contribution is -2.07. The Labute approximate surface area is 191 Å². The minimum atomic E-state index is -0.909. The molecule has 0 amide bonds. The molecule has 5 aromatic rings. The smallest absolute Gasteiger partial charge is 0.174 e. The maximum atomic E-state index is 13.6. The zero-order valence-electron chi connectivity index (χ0n) is 16.4. The van der Waals surface area contributed by atoms with Crippen LogP contribution in [-0.4, -0.2) is 15.0 Å². The van der Waals surface area contributed by atoms with Gasteiger partial charge in [-0.15, -0.1) is 0 Å². The van der Waals surface area contributed by atoms with Crippen LogP contribution in [0.15, 0.2) is 60.8 Å². The van der Waals surface area contributed by atoms with Crippen LogP contribution in [0.5, 0.6) is 0 Å². The van der Waals surface area contributed by atoms with E-state index in [1.54, 1.807) is 12.1 Å². The van der Waals surface area contributed by atoms with Gasteiger partial charge in [-0.05, 0) is 54.1 Å². The average molecular weight is 470 g/mol. The SMILES string of the molecule is Fc1ccc(CNc2nc3cc(Cl)c(Cl)cc3nc2Nc2ccc3[nH]ccc3c2)cc1F. The van der Waals surface area contributed by atoms with E-state index in [4.69, 9.17) is 23.2 Å². The van der Waals surface area contributed by atoms with Crippen LogP contribution in [0.4, 0.5) is 26.1 Å². The summed E-state index contributed by atoms with van der Waals surface area (Å²) in [6.45, 7) is 0.213. The molecule has 32 heavy (non-hydrogen) atoms. The normalized spacial score (nSPS) is 11.2. The van der Waals surface area contributed by atoms with E-state index in [1.807, 2.05) is 30.5 Å². The fourth-order valence-corrected chi connectivity index (χ4v) is 3.68. The Morgan fingerprint density at radius 2 is 1.56 bits per heavy atom. The Morgan fingerprint density at radius 3 is 2.31 bits per heavy atom. The van der Waals surface area contributed by atoms with Crippen molar-refractivity contribution in [3.63, 3.8) is 0 Å². The fraction of sp³-hybridized carbons (Fsp3) is 0.0435. The first kappa shape index (κ1) is 20.5. The van der Waals surface area contributed by atoms with Crippen LogP contribution in [0.1, 0.15) is 5.56 Å². The number of benzene rings is 3. The molecule has 2 heterocycles. The number of anilines is 3. The number of hydrogen-bond acceptors (Lipinski definition) is 4. The van der Waals surface area contributed by atoms with Crippen LogP contribution in [0.25, 0.3) is 21.9 Å². The Morgan fingerprint density at radius 1 is 0.812 bits per heavy atom. The Balaban J connectivity index is 1.53. The number of aromatic nitrogens is 3. The van der Waals surface area contributed by atoms with Gasteiger partial charge in [0, 0.05) is 29.3 Å². The van der Waals surface area contributed by atoms with Crippen LogP contribution >= 0.6 is 23.2 Å². The number of halogens is 4. The zero-order chi connectivity index (χ0) is 22.2. The molecule has 0 fully saturated rings. The first-order valence-electron chi connectivity index (χ1n) is 9.65. The fourth-order valence-electron chi connectivity index (χ4n) is 3.37. The molecule has 0 radical (unpaired) electrons. The first-order chi connectivity index (χ1) is 15.5. The highest BCUT2D eigenvalue weighted by Gasteiger charge is 2.13. The van der Waals surface area contributed by atoms with Crippen molar-refractivity contribution < 1.29 is 8.78 Å². The topological polar surface area (TPSA) is 65.6 Å². The molecule has 160 valence electrons. The first-order valence-corrected chi connectivity index (χ1v) is 10.4. The summed E-state index contributed by atoms with van der Waals surface area (Å²) in [6.07, 6.45) is 1.87. The number of aromatic amines is 1. The van der Waals surface area contributed by atoms with E-state index in [-0.39, 0.29) is 6.54 Å². The zero-order valence-corrected chi connectivity index (χ0v) is 17.9. The lowest BCUT2D eigenvalue weighted by atomic mass is 10.2. The minimum absolute atomic E-state index is 0.213. The molecule has 5 nitrogen and oxygen atoms in total. The lowest BCUT2D eigenvalue weighted by molar-refractivity contribution is 0.507. The van der Waals surface area contributed by atoms with Gasteiger partial charge < -0.3 is 15.6 Å². The molecule has 2 aromatic heterocycles. The molecular formula is C23H15Cl2F2N5. The van der Waals surface area contributed by atoms with Crippen molar-refractivity contribution >= 4 is 62.5 Å². The molecule has 5 rings (SSSR count). The Kier molecular flexibility index (Phi) is 5.28. The average Bonchev–Trinajstić information content (AvgIpc) is 3.24. The van der Waals surface area contributed by atoms with E-state index in [1.165, 1.54) is 6.07 Å². The van der Waals surface area contributed by atoms with Gasteiger partial charge >= 0.3 is 0 Å². The number of rotatable bonds is 5. The number of nitrogens with one attached hydrogen (secondary N) is 3. The highest BCUT2D eigenvalue weighted by molar-refractivity contribution is 6.42. The maximum absolute atomic E-state index is 13.6. The van der Waals surface area contributed by atoms with Gasteiger partial charge in [-0.3, -0.25) is 0 Å². The van der Waals surface area contributed by atoms with Gasteiger partial charge in [0.15, 0.2) is 23.3 Å². The van der Waals surface area contributed by atoms with E-state index < -0.39 is 11.6 Å². The van der Waals surface area contributed by atoms with Crippen molar-refractivity contribution in [2.75, 3.05) is 10.6 Å². The molecule has 0 aliphatic carbocycles. The molecule has 0 aliphatic rings. The van der Waals surface area contributed by atoms with Crippen molar-refractivity contribution in [2.24, 2.45) is 0 Å². The van der Waals surface area contributed by atoms with E-state index >= 15 is 0 Å². The molecule has 0 atom stereocenters. The van der Waals surface area contributed by atoms with Crippen LogP contribution in [0.2, 0.25) is 10.0 Å². The summed E-state index contributed by atoms with van der Waals surface area (Å²) in [5.41, 5.74) is 3.47. The van der Waals surface area contributed by atoms with Crippen molar-refractivity contribution in [1.82, 2.24) is 15.0 Å². The molecule has 0 bridgehead atoms. The largest absolute Gasteiger partial charge is 0.363 e. The summed E-state index contributed by atoms with van der Waals surface area (Å²) in [5.74, 6) is -0.926. The van der Waals surface area contributed by atoms with Crippen LogP contribution < -0.4 is 10.6 Å². The standard InChI is InChI=1S/C23H15Cl2F2N5/c24-15-9-20-21(10-16(15)25)32-23(30-14-2-4-19-13(8-14)5-6-28-19)22(31-20)29-11-12-1-3-17(26)18(27)7-12/h1-10,28H,11H2,(H,29,31)(H,30,32). The second-order valence-electron chi connectivity index (χ2n) is 7.18. The third kappa shape index (κ3) is 4.04. The second-order valence-corrected chi connectivity index (χ2v) is 8.00. The summed E-state index contributed by atoms with van der Waals surface area (Å²) in [6, 6.07) is 14.8. The minimum Gasteiger partial charge on any atom is -0.363 e. The quantitative estimate of drug-likeness (QED) is 0.258. The molecule has 9 heteroatoms. The van der Waals surface area contributed by atoms with Crippen molar-refractivity contribution in [3.05, 3.63) is 88.0 Å². The van der Waals surface area contributed by atoms with E-state index in [9.17, 15) is 8.78 Å². The lowest BCUT2D eigenvalue weighted by Gasteiger charge is -2.14. The van der Waals surface area contributed by atoms with Gasteiger partial charge in [-0.1, -0.05) is 29.3 Å². The number of H-pyrrole nitrogens is 1. The highest BCUT2D eigenvalue weighted by Crippen LogP contribution is 2.31.